The Labute approximate surface area is 112 Å². The van der Waals surface area contributed by atoms with E-state index in [9.17, 15) is 4.79 Å². The fourth-order valence-corrected chi connectivity index (χ4v) is 2.54. The van der Waals surface area contributed by atoms with E-state index in [1.165, 1.54) is 0 Å². The Bertz CT molecular complexity index is 607. The van der Waals surface area contributed by atoms with Gasteiger partial charge in [-0.2, -0.15) is 0 Å². The van der Waals surface area contributed by atoms with E-state index in [0.717, 1.165) is 22.4 Å². The van der Waals surface area contributed by atoms with Crippen LogP contribution in [0.15, 0.2) is 48.5 Å². The Hall–Kier alpha value is -2.13. The molecule has 0 aromatic heterocycles. The predicted molar refractivity (Wildman–Crippen MR) is 73.3 cm³/mol. The van der Waals surface area contributed by atoms with E-state index < -0.39 is 0 Å². The number of benzene rings is 2. The van der Waals surface area contributed by atoms with Gasteiger partial charge in [-0.05, 0) is 11.6 Å². The maximum atomic E-state index is 12.6. The standard InChI is InChI=1S/C16H15NO2/c1-19-14-9-5-8-12-13(14)10-17-15(16(12)18)11-6-3-2-4-7-11/h2-9,15,17H,10H2,1H3. The molecule has 3 rings (SSSR count). The van der Waals surface area contributed by atoms with E-state index in [2.05, 4.69) is 5.32 Å². The first-order valence-corrected chi connectivity index (χ1v) is 6.29. The quantitative estimate of drug-likeness (QED) is 0.894. The second kappa shape index (κ2) is 4.86. The molecule has 0 fully saturated rings. The molecule has 3 heteroatoms. The lowest BCUT2D eigenvalue weighted by molar-refractivity contribution is 0.0929. The van der Waals surface area contributed by atoms with Crippen LogP contribution in [-0.4, -0.2) is 12.9 Å². The highest BCUT2D eigenvalue weighted by molar-refractivity contribution is 6.03. The molecule has 1 aliphatic rings. The molecule has 96 valence electrons. The lowest BCUT2D eigenvalue weighted by atomic mass is 9.90. The molecule has 0 aliphatic carbocycles. The number of rotatable bonds is 2. The maximum Gasteiger partial charge on any atom is 0.184 e. The number of methoxy groups -OCH3 is 1. The fourth-order valence-electron chi connectivity index (χ4n) is 2.54. The molecule has 0 saturated heterocycles. The van der Waals surface area contributed by atoms with Gasteiger partial charge in [0.25, 0.3) is 0 Å². The molecular weight excluding hydrogens is 238 g/mol. The monoisotopic (exact) mass is 253 g/mol. The number of ether oxygens (including phenoxy) is 1. The summed E-state index contributed by atoms with van der Waals surface area (Å²) in [6.07, 6.45) is 0. The van der Waals surface area contributed by atoms with Crippen molar-refractivity contribution in [3.63, 3.8) is 0 Å². The van der Waals surface area contributed by atoms with Gasteiger partial charge < -0.3 is 4.74 Å². The SMILES string of the molecule is COc1cccc2c1CNC(c1ccccc1)C2=O. The number of carbonyl (C=O) groups is 1. The normalized spacial score (nSPS) is 17.9. The summed E-state index contributed by atoms with van der Waals surface area (Å²) >= 11 is 0. The summed E-state index contributed by atoms with van der Waals surface area (Å²) in [7, 11) is 1.63. The zero-order chi connectivity index (χ0) is 13.2. The molecule has 0 amide bonds. The summed E-state index contributed by atoms with van der Waals surface area (Å²) in [5.41, 5.74) is 2.70. The number of hydrogen-bond donors (Lipinski definition) is 1. The van der Waals surface area contributed by atoms with Crippen molar-refractivity contribution >= 4 is 5.78 Å². The van der Waals surface area contributed by atoms with Gasteiger partial charge in [-0.1, -0.05) is 42.5 Å². The molecule has 2 aromatic rings. The van der Waals surface area contributed by atoms with Crippen molar-refractivity contribution < 1.29 is 9.53 Å². The Morgan fingerprint density at radius 2 is 1.89 bits per heavy atom. The van der Waals surface area contributed by atoms with Gasteiger partial charge in [0, 0.05) is 17.7 Å². The molecule has 1 atom stereocenters. The molecule has 19 heavy (non-hydrogen) atoms. The predicted octanol–water partition coefficient (Wildman–Crippen LogP) is 2.72. The van der Waals surface area contributed by atoms with Gasteiger partial charge in [-0.3, -0.25) is 10.1 Å². The van der Waals surface area contributed by atoms with Crippen molar-refractivity contribution in [2.75, 3.05) is 7.11 Å². The van der Waals surface area contributed by atoms with Gasteiger partial charge in [0.05, 0.1) is 13.2 Å². The molecule has 1 heterocycles. The van der Waals surface area contributed by atoms with Crippen LogP contribution in [0.3, 0.4) is 0 Å². The third kappa shape index (κ3) is 2.02. The maximum absolute atomic E-state index is 12.6. The molecule has 1 N–H and O–H groups in total. The molecule has 0 spiro atoms. The molecule has 0 bridgehead atoms. The van der Waals surface area contributed by atoms with Crippen LogP contribution < -0.4 is 10.1 Å². The molecule has 1 aliphatic heterocycles. The third-order valence-corrected chi connectivity index (χ3v) is 3.50. The molecule has 3 nitrogen and oxygen atoms in total. The van der Waals surface area contributed by atoms with E-state index in [1.54, 1.807) is 7.11 Å². The largest absolute Gasteiger partial charge is 0.496 e. The van der Waals surface area contributed by atoms with Crippen LogP contribution in [-0.2, 0) is 6.54 Å². The average Bonchev–Trinajstić information content (AvgIpc) is 2.48. The Kier molecular flexibility index (Phi) is 3.05. The van der Waals surface area contributed by atoms with Gasteiger partial charge in [0.1, 0.15) is 5.75 Å². The smallest absolute Gasteiger partial charge is 0.184 e. The highest BCUT2D eigenvalue weighted by Gasteiger charge is 2.29. The third-order valence-electron chi connectivity index (χ3n) is 3.50. The number of fused-ring (bicyclic) bond motifs is 1. The summed E-state index contributed by atoms with van der Waals surface area (Å²) in [6, 6.07) is 15.2. The Balaban J connectivity index is 2.01. The van der Waals surface area contributed by atoms with Gasteiger partial charge >= 0.3 is 0 Å². The zero-order valence-corrected chi connectivity index (χ0v) is 10.7. The van der Waals surface area contributed by atoms with Crippen LogP contribution in [0.4, 0.5) is 0 Å². The summed E-state index contributed by atoms with van der Waals surface area (Å²) < 4.78 is 5.31. The number of Topliss-reactive ketones (excluding diaryl/α,β-unsaturated/α-hetero) is 1. The van der Waals surface area contributed by atoms with Crippen LogP contribution in [0.25, 0.3) is 0 Å². The minimum absolute atomic E-state index is 0.103. The molecule has 0 saturated carbocycles. The van der Waals surface area contributed by atoms with Crippen molar-refractivity contribution in [2.24, 2.45) is 0 Å². The Morgan fingerprint density at radius 3 is 2.63 bits per heavy atom. The van der Waals surface area contributed by atoms with Gasteiger partial charge in [0.2, 0.25) is 0 Å². The average molecular weight is 253 g/mol. The van der Waals surface area contributed by atoms with Crippen LogP contribution in [0.1, 0.15) is 27.5 Å². The van der Waals surface area contributed by atoms with Crippen molar-refractivity contribution in [2.45, 2.75) is 12.6 Å². The minimum atomic E-state index is -0.263. The lowest BCUT2D eigenvalue weighted by Crippen LogP contribution is -2.34. The summed E-state index contributed by atoms with van der Waals surface area (Å²) in [4.78, 5) is 12.6. The van der Waals surface area contributed by atoms with E-state index in [1.807, 2.05) is 48.5 Å². The van der Waals surface area contributed by atoms with Crippen molar-refractivity contribution in [1.29, 1.82) is 0 Å². The number of ketones is 1. The second-order valence-corrected chi connectivity index (χ2v) is 4.58. The van der Waals surface area contributed by atoms with E-state index >= 15 is 0 Å². The number of nitrogens with one attached hydrogen (secondary N) is 1. The first-order valence-electron chi connectivity index (χ1n) is 6.29. The minimum Gasteiger partial charge on any atom is -0.496 e. The fraction of sp³-hybridized carbons (Fsp3) is 0.188. The summed E-state index contributed by atoms with van der Waals surface area (Å²) in [5.74, 6) is 0.871. The highest BCUT2D eigenvalue weighted by Crippen LogP contribution is 2.31. The van der Waals surface area contributed by atoms with E-state index in [-0.39, 0.29) is 11.8 Å². The van der Waals surface area contributed by atoms with Crippen molar-refractivity contribution in [1.82, 2.24) is 5.32 Å². The number of hydrogen-bond acceptors (Lipinski definition) is 3. The summed E-state index contributed by atoms with van der Waals surface area (Å²) in [6.45, 7) is 0.643. The van der Waals surface area contributed by atoms with E-state index in [4.69, 9.17) is 4.74 Å². The van der Waals surface area contributed by atoms with Crippen LogP contribution in [0, 0.1) is 0 Å². The van der Waals surface area contributed by atoms with Crippen molar-refractivity contribution in [3.8, 4) is 5.75 Å². The summed E-state index contributed by atoms with van der Waals surface area (Å²) in [5, 5.41) is 3.29. The molecular formula is C16H15NO2. The zero-order valence-electron chi connectivity index (χ0n) is 10.7. The first kappa shape index (κ1) is 11.9. The van der Waals surface area contributed by atoms with Crippen LogP contribution >= 0.6 is 0 Å². The molecule has 2 aromatic carbocycles. The van der Waals surface area contributed by atoms with Gasteiger partial charge in [-0.15, -0.1) is 0 Å². The lowest BCUT2D eigenvalue weighted by Gasteiger charge is -2.26. The first-order chi connectivity index (χ1) is 9.31. The van der Waals surface area contributed by atoms with Gasteiger partial charge in [-0.25, -0.2) is 0 Å². The molecule has 1 unspecified atom stereocenters. The second-order valence-electron chi connectivity index (χ2n) is 4.58. The number of carbonyl (C=O) groups excluding carboxylic acids is 1. The topological polar surface area (TPSA) is 38.3 Å². The van der Waals surface area contributed by atoms with Gasteiger partial charge in [0.15, 0.2) is 5.78 Å². The molecule has 0 radical (unpaired) electrons. The van der Waals surface area contributed by atoms with Crippen LogP contribution in [0.2, 0.25) is 0 Å². The highest BCUT2D eigenvalue weighted by atomic mass is 16.5. The van der Waals surface area contributed by atoms with Crippen molar-refractivity contribution in [3.05, 3.63) is 65.2 Å². The van der Waals surface area contributed by atoms with Crippen LogP contribution in [0.5, 0.6) is 5.75 Å². The Morgan fingerprint density at radius 1 is 1.11 bits per heavy atom. The van der Waals surface area contributed by atoms with E-state index in [0.29, 0.717) is 6.54 Å².